The molecule has 0 fully saturated rings. The Labute approximate surface area is 138 Å². The number of hydrogen-bond donors (Lipinski definition) is 1. The van der Waals surface area contributed by atoms with E-state index in [0.29, 0.717) is 11.5 Å². The molecule has 0 aromatic heterocycles. The van der Waals surface area contributed by atoms with Gasteiger partial charge in [-0.15, -0.1) is 0 Å². The number of allylic oxidation sites excluding steroid dienone is 1. The van der Waals surface area contributed by atoms with Gasteiger partial charge in [-0.05, 0) is 35.9 Å². The van der Waals surface area contributed by atoms with Crippen molar-refractivity contribution in [3.63, 3.8) is 0 Å². The van der Waals surface area contributed by atoms with Crippen LogP contribution in [0, 0.1) is 10.1 Å². The van der Waals surface area contributed by atoms with Crippen LogP contribution < -0.4 is 4.74 Å². The SMILES string of the molecule is O=[N+]([O-])c1ccc(/C=C/C2=NCC(O)COc3ccccc32)cc1. The molecule has 0 amide bonds. The number of benzene rings is 2. The third-order valence-corrected chi connectivity index (χ3v) is 3.60. The molecule has 2 aromatic rings. The number of nitrogens with zero attached hydrogens (tertiary/aromatic N) is 2. The Hall–Kier alpha value is -2.99. The van der Waals surface area contributed by atoms with Crippen LogP contribution in [0.25, 0.3) is 6.08 Å². The van der Waals surface area contributed by atoms with E-state index in [0.717, 1.165) is 11.1 Å². The molecule has 0 saturated carbocycles. The monoisotopic (exact) mass is 324 g/mol. The molecule has 1 aliphatic heterocycles. The molecule has 1 N–H and O–H groups in total. The van der Waals surface area contributed by atoms with E-state index in [1.807, 2.05) is 36.4 Å². The predicted octanol–water partition coefficient (Wildman–Crippen LogP) is 2.85. The standard InChI is InChI=1S/C18H16N2O4/c21-15-11-19-17(16-3-1-2-4-18(16)24-12-15)10-7-13-5-8-14(9-6-13)20(22)23/h1-10,15,21H,11-12H2/b10-7+,19-17?. The number of aliphatic hydroxyl groups excluding tert-OH is 1. The van der Waals surface area contributed by atoms with Crippen LogP contribution in [0.2, 0.25) is 0 Å². The van der Waals surface area contributed by atoms with Crippen molar-refractivity contribution in [3.05, 3.63) is 75.8 Å². The van der Waals surface area contributed by atoms with Gasteiger partial charge in [0.05, 0.1) is 17.2 Å². The highest BCUT2D eigenvalue weighted by Gasteiger charge is 2.14. The Bertz CT molecular complexity index is 797. The van der Waals surface area contributed by atoms with E-state index in [2.05, 4.69) is 4.99 Å². The van der Waals surface area contributed by atoms with Crippen molar-refractivity contribution in [3.8, 4) is 5.75 Å². The maximum absolute atomic E-state index is 10.7. The lowest BCUT2D eigenvalue weighted by atomic mass is 10.1. The number of nitro groups is 1. The zero-order chi connectivity index (χ0) is 16.9. The summed E-state index contributed by atoms with van der Waals surface area (Å²) in [5.74, 6) is 0.670. The fourth-order valence-electron chi connectivity index (χ4n) is 2.36. The van der Waals surface area contributed by atoms with Gasteiger partial charge < -0.3 is 9.84 Å². The number of hydrogen-bond acceptors (Lipinski definition) is 5. The average Bonchev–Trinajstić information content (AvgIpc) is 2.59. The second-order valence-electron chi connectivity index (χ2n) is 5.37. The normalized spacial score (nSPS) is 17.4. The highest BCUT2D eigenvalue weighted by Crippen LogP contribution is 2.22. The molecule has 122 valence electrons. The number of aliphatic hydroxyl groups is 1. The van der Waals surface area contributed by atoms with Crippen LogP contribution in [0.1, 0.15) is 11.1 Å². The lowest BCUT2D eigenvalue weighted by Crippen LogP contribution is -2.24. The van der Waals surface area contributed by atoms with E-state index in [1.165, 1.54) is 12.1 Å². The zero-order valence-corrected chi connectivity index (χ0v) is 12.8. The van der Waals surface area contributed by atoms with Crippen LogP contribution in [0.5, 0.6) is 5.75 Å². The molecule has 0 aliphatic carbocycles. The van der Waals surface area contributed by atoms with E-state index in [9.17, 15) is 15.2 Å². The second-order valence-corrected chi connectivity index (χ2v) is 5.37. The van der Waals surface area contributed by atoms with Crippen LogP contribution in [0.15, 0.2) is 59.6 Å². The Kier molecular flexibility index (Phi) is 4.67. The molecular weight excluding hydrogens is 308 g/mol. The lowest BCUT2D eigenvalue weighted by Gasteiger charge is -2.17. The Morgan fingerprint density at radius 3 is 2.67 bits per heavy atom. The van der Waals surface area contributed by atoms with Crippen molar-refractivity contribution in [1.29, 1.82) is 0 Å². The van der Waals surface area contributed by atoms with Gasteiger partial charge in [0.1, 0.15) is 18.5 Å². The molecule has 24 heavy (non-hydrogen) atoms. The highest BCUT2D eigenvalue weighted by molar-refractivity contribution is 6.12. The van der Waals surface area contributed by atoms with Crippen LogP contribution in [-0.4, -0.2) is 35.0 Å². The van der Waals surface area contributed by atoms with Gasteiger partial charge in [-0.1, -0.05) is 18.2 Å². The minimum atomic E-state index is -0.652. The van der Waals surface area contributed by atoms with Crippen LogP contribution >= 0.6 is 0 Å². The van der Waals surface area contributed by atoms with Crippen molar-refractivity contribution in [2.24, 2.45) is 4.99 Å². The molecule has 6 nitrogen and oxygen atoms in total. The van der Waals surface area contributed by atoms with Gasteiger partial charge in [0, 0.05) is 17.7 Å². The van der Waals surface area contributed by atoms with Gasteiger partial charge in [-0.2, -0.15) is 0 Å². The molecule has 0 radical (unpaired) electrons. The molecule has 0 bridgehead atoms. The summed E-state index contributed by atoms with van der Waals surface area (Å²) in [4.78, 5) is 14.7. The summed E-state index contributed by atoms with van der Waals surface area (Å²) in [6.07, 6.45) is 3.00. The molecule has 1 unspecified atom stereocenters. The molecule has 0 saturated heterocycles. The number of ether oxygens (including phenoxy) is 1. The molecule has 0 spiro atoms. The van der Waals surface area contributed by atoms with E-state index in [-0.39, 0.29) is 18.8 Å². The predicted molar refractivity (Wildman–Crippen MR) is 91.5 cm³/mol. The highest BCUT2D eigenvalue weighted by atomic mass is 16.6. The molecule has 1 heterocycles. The quantitative estimate of drug-likeness (QED) is 0.695. The van der Waals surface area contributed by atoms with E-state index in [4.69, 9.17) is 4.74 Å². The summed E-state index contributed by atoms with van der Waals surface area (Å²) in [5, 5.41) is 20.5. The first kappa shape index (κ1) is 15.9. The number of para-hydroxylation sites is 1. The number of nitro benzene ring substituents is 1. The van der Waals surface area contributed by atoms with E-state index < -0.39 is 11.0 Å². The first-order valence-electron chi connectivity index (χ1n) is 7.51. The number of aliphatic imine (C=N–C) groups is 1. The first-order valence-corrected chi connectivity index (χ1v) is 7.51. The fourth-order valence-corrected chi connectivity index (χ4v) is 2.36. The summed E-state index contributed by atoms with van der Waals surface area (Å²) in [6.45, 7) is 0.466. The summed E-state index contributed by atoms with van der Waals surface area (Å²) >= 11 is 0. The van der Waals surface area contributed by atoms with E-state index >= 15 is 0 Å². The summed E-state index contributed by atoms with van der Waals surface area (Å²) in [7, 11) is 0. The van der Waals surface area contributed by atoms with Crippen molar-refractivity contribution >= 4 is 17.5 Å². The molecular formula is C18H16N2O4. The van der Waals surface area contributed by atoms with Crippen LogP contribution in [0.4, 0.5) is 5.69 Å². The van der Waals surface area contributed by atoms with Crippen molar-refractivity contribution in [2.75, 3.05) is 13.2 Å². The minimum Gasteiger partial charge on any atom is -0.490 e. The Morgan fingerprint density at radius 2 is 1.92 bits per heavy atom. The van der Waals surface area contributed by atoms with Gasteiger partial charge in [0.2, 0.25) is 0 Å². The number of rotatable bonds is 3. The smallest absolute Gasteiger partial charge is 0.269 e. The van der Waals surface area contributed by atoms with Crippen molar-refractivity contribution < 1.29 is 14.8 Å². The molecule has 3 rings (SSSR count). The minimum absolute atomic E-state index is 0.0531. The van der Waals surface area contributed by atoms with E-state index in [1.54, 1.807) is 12.1 Å². The van der Waals surface area contributed by atoms with Crippen LogP contribution in [-0.2, 0) is 0 Å². The van der Waals surface area contributed by atoms with Gasteiger partial charge in [0.25, 0.3) is 5.69 Å². The summed E-state index contributed by atoms with van der Waals surface area (Å²) < 4.78 is 5.63. The second kappa shape index (κ2) is 7.06. The zero-order valence-electron chi connectivity index (χ0n) is 12.8. The van der Waals surface area contributed by atoms with Gasteiger partial charge >= 0.3 is 0 Å². The lowest BCUT2D eigenvalue weighted by molar-refractivity contribution is -0.384. The molecule has 1 aliphatic rings. The Balaban J connectivity index is 1.89. The topological polar surface area (TPSA) is 85.0 Å². The maximum atomic E-state index is 10.7. The largest absolute Gasteiger partial charge is 0.490 e. The maximum Gasteiger partial charge on any atom is 0.269 e. The molecule has 1 atom stereocenters. The first-order chi connectivity index (χ1) is 11.6. The molecule has 2 aromatic carbocycles. The number of non-ortho nitro benzene ring substituents is 1. The van der Waals surface area contributed by atoms with Crippen molar-refractivity contribution in [2.45, 2.75) is 6.10 Å². The fraction of sp³-hybridized carbons (Fsp3) is 0.167. The summed E-state index contributed by atoms with van der Waals surface area (Å²) in [5.41, 5.74) is 2.42. The molecule has 6 heteroatoms. The third kappa shape index (κ3) is 3.67. The van der Waals surface area contributed by atoms with Gasteiger partial charge in [-0.3, -0.25) is 15.1 Å². The third-order valence-electron chi connectivity index (χ3n) is 3.60. The van der Waals surface area contributed by atoms with Gasteiger partial charge in [0.15, 0.2) is 0 Å². The number of fused-ring (bicyclic) bond motifs is 1. The average molecular weight is 324 g/mol. The van der Waals surface area contributed by atoms with Gasteiger partial charge in [-0.25, -0.2) is 0 Å². The summed E-state index contributed by atoms with van der Waals surface area (Å²) in [6, 6.07) is 13.8. The van der Waals surface area contributed by atoms with Crippen LogP contribution in [0.3, 0.4) is 0 Å². The van der Waals surface area contributed by atoms with Crippen molar-refractivity contribution in [1.82, 2.24) is 0 Å². The Morgan fingerprint density at radius 1 is 1.17 bits per heavy atom.